The Morgan fingerprint density at radius 3 is 2.33 bits per heavy atom. The number of sulfonamides is 1. The van der Waals surface area contributed by atoms with Gasteiger partial charge < -0.3 is 10.2 Å². The SMILES string of the molecule is CCN(CC)S(=O)(=O)c1ccc(N2CCCC2)c(NC(=O)c2ccc(Cl)cc2Cl)c1. The van der Waals surface area contributed by atoms with Crippen molar-refractivity contribution in [1.29, 1.82) is 0 Å². The van der Waals surface area contributed by atoms with E-state index >= 15 is 0 Å². The van der Waals surface area contributed by atoms with Crippen molar-refractivity contribution in [2.24, 2.45) is 0 Å². The van der Waals surface area contributed by atoms with Gasteiger partial charge in [0.2, 0.25) is 10.0 Å². The maximum Gasteiger partial charge on any atom is 0.257 e. The third-order valence-corrected chi connectivity index (χ3v) is 7.78. The van der Waals surface area contributed by atoms with Crippen LogP contribution < -0.4 is 10.2 Å². The Kier molecular flexibility index (Phi) is 7.29. The molecular weight excluding hydrogens is 445 g/mol. The Bertz CT molecular complexity index is 1030. The molecule has 0 aliphatic carbocycles. The van der Waals surface area contributed by atoms with Gasteiger partial charge in [0, 0.05) is 31.2 Å². The first kappa shape index (κ1) is 22.9. The summed E-state index contributed by atoms with van der Waals surface area (Å²) in [7, 11) is -3.66. The molecule has 2 aromatic rings. The third kappa shape index (κ3) is 4.75. The molecule has 0 radical (unpaired) electrons. The number of halogens is 2. The lowest BCUT2D eigenvalue weighted by molar-refractivity contribution is 0.102. The monoisotopic (exact) mass is 469 g/mol. The predicted molar refractivity (Wildman–Crippen MR) is 122 cm³/mol. The summed E-state index contributed by atoms with van der Waals surface area (Å²) in [5.74, 6) is -0.422. The fraction of sp³-hybridized carbons (Fsp3) is 0.381. The van der Waals surface area contributed by atoms with Crippen molar-refractivity contribution in [2.45, 2.75) is 31.6 Å². The molecule has 0 aromatic heterocycles. The first-order valence-electron chi connectivity index (χ1n) is 9.93. The number of nitrogens with zero attached hydrogens (tertiary/aromatic N) is 2. The van der Waals surface area contributed by atoms with Crippen LogP contribution in [0, 0.1) is 0 Å². The van der Waals surface area contributed by atoms with Gasteiger partial charge in [0.15, 0.2) is 0 Å². The van der Waals surface area contributed by atoms with Crippen LogP contribution in [0.15, 0.2) is 41.3 Å². The number of rotatable bonds is 7. The van der Waals surface area contributed by atoms with Crippen molar-refractivity contribution < 1.29 is 13.2 Å². The fourth-order valence-electron chi connectivity index (χ4n) is 3.59. The van der Waals surface area contributed by atoms with E-state index in [0.717, 1.165) is 31.6 Å². The highest BCUT2D eigenvalue weighted by Crippen LogP contribution is 2.33. The van der Waals surface area contributed by atoms with E-state index in [-0.39, 0.29) is 15.5 Å². The van der Waals surface area contributed by atoms with Crippen LogP contribution in [0.2, 0.25) is 10.0 Å². The van der Waals surface area contributed by atoms with Gasteiger partial charge in [-0.1, -0.05) is 37.0 Å². The zero-order valence-corrected chi connectivity index (χ0v) is 19.3. The van der Waals surface area contributed by atoms with Crippen LogP contribution in [0.4, 0.5) is 11.4 Å². The van der Waals surface area contributed by atoms with Crippen LogP contribution in [0.1, 0.15) is 37.0 Å². The summed E-state index contributed by atoms with van der Waals surface area (Å²) in [5.41, 5.74) is 1.51. The molecule has 162 valence electrons. The molecule has 1 aliphatic rings. The highest BCUT2D eigenvalue weighted by molar-refractivity contribution is 7.89. The van der Waals surface area contributed by atoms with E-state index in [4.69, 9.17) is 23.2 Å². The Labute approximate surface area is 187 Å². The lowest BCUT2D eigenvalue weighted by atomic mass is 10.2. The summed E-state index contributed by atoms with van der Waals surface area (Å²) in [6.45, 7) is 6.04. The third-order valence-electron chi connectivity index (χ3n) is 5.18. The van der Waals surface area contributed by atoms with Crippen LogP contribution in [0.3, 0.4) is 0 Å². The predicted octanol–water partition coefficient (Wildman–Crippen LogP) is 4.88. The number of nitrogens with one attached hydrogen (secondary N) is 1. The Morgan fingerprint density at radius 1 is 1.07 bits per heavy atom. The molecule has 30 heavy (non-hydrogen) atoms. The van der Waals surface area contributed by atoms with Crippen LogP contribution >= 0.6 is 23.2 Å². The zero-order chi connectivity index (χ0) is 21.9. The first-order valence-corrected chi connectivity index (χ1v) is 12.1. The average molecular weight is 470 g/mol. The van der Waals surface area contributed by atoms with Gasteiger partial charge in [0.25, 0.3) is 5.91 Å². The fourth-order valence-corrected chi connectivity index (χ4v) is 5.56. The minimum Gasteiger partial charge on any atom is -0.370 e. The topological polar surface area (TPSA) is 69.7 Å². The minimum atomic E-state index is -3.66. The second-order valence-corrected chi connectivity index (χ2v) is 9.82. The van der Waals surface area contributed by atoms with Crippen molar-refractivity contribution in [2.75, 3.05) is 36.4 Å². The van der Waals surface area contributed by atoms with E-state index in [0.29, 0.717) is 23.8 Å². The van der Waals surface area contributed by atoms with E-state index in [1.54, 1.807) is 38.1 Å². The Hall–Kier alpha value is -1.80. The molecule has 0 atom stereocenters. The number of benzene rings is 2. The summed E-state index contributed by atoms with van der Waals surface area (Å²) >= 11 is 12.1. The molecule has 1 heterocycles. The van der Waals surface area contributed by atoms with E-state index in [9.17, 15) is 13.2 Å². The molecule has 6 nitrogen and oxygen atoms in total. The van der Waals surface area contributed by atoms with Gasteiger partial charge in [0.05, 0.1) is 26.9 Å². The summed E-state index contributed by atoms with van der Waals surface area (Å²) in [5, 5.41) is 3.52. The molecule has 0 saturated carbocycles. The van der Waals surface area contributed by atoms with Gasteiger partial charge in [-0.05, 0) is 49.2 Å². The average Bonchev–Trinajstić information content (AvgIpc) is 3.23. The lowest BCUT2D eigenvalue weighted by Gasteiger charge is -2.24. The molecule has 1 fully saturated rings. The van der Waals surface area contributed by atoms with Crippen molar-refractivity contribution in [3.8, 4) is 0 Å². The Balaban J connectivity index is 2.02. The van der Waals surface area contributed by atoms with Gasteiger partial charge in [0.1, 0.15) is 0 Å². The van der Waals surface area contributed by atoms with Gasteiger partial charge in [-0.15, -0.1) is 0 Å². The normalized spacial score (nSPS) is 14.4. The number of anilines is 2. The van der Waals surface area contributed by atoms with Gasteiger partial charge in [-0.3, -0.25) is 4.79 Å². The van der Waals surface area contributed by atoms with Crippen LogP contribution in [-0.2, 0) is 10.0 Å². The second kappa shape index (κ2) is 9.56. The molecule has 1 amide bonds. The number of hydrogen-bond acceptors (Lipinski definition) is 4. The molecule has 1 saturated heterocycles. The van der Waals surface area contributed by atoms with Crippen molar-refractivity contribution in [1.82, 2.24) is 4.31 Å². The zero-order valence-electron chi connectivity index (χ0n) is 17.0. The smallest absolute Gasteiger partial charge is 0.257 e. The van der Waals surface area contributed by atoms with E-state index in [1.807, 2.05) is 0 Å². The van der Waals surface area contributed by atoms with Crippen LogP contribution in [0.25, 0.3) is 0 Å². The maximum absolute atomic E-state index is 13.0. The van der Waals surface area contributed by atoms with E-state index in [2.05, 4.69) is 10.2 Å². The molecule has 9 heteroatoms. The molecular formula is C21H25Cl2N3O3S. The molecule has 0 unspecified atom stereocenters. The quantitative estimate of drug-likeness (QED) is 0.627. The van der Waals surface area contributed by atoms with Crippen molar-refractivity contribution in [3.05, 3.63) is 52.0 Å². The minimum absolute atomic E-state index is 0.145. The molecule has 0 bridgehead atoms. The number of carbonyl (C=O) groups is 1. The second-order valence-electron chi connectivity index (χ2n) is 7.04. The summed E-state index contributed by atoms with van der Waals surface area (Å²) in [4.78, 5) is 15.2. The molecule has 3 rings (SSSR count). The summed E-state index contributed by atoms with van der Waals surface area (Å²) in [6, 6.07) is 9.54. The molecule has 1 aliphatic heterocycles. The van der Waals surface area contributed by atoms with E-state index < -0.39 is 15.9 Å². The molecule has 0 spiro atoms. The van der Waals surface area contributed by atoms with Gasteiger partial charge in [-0.2, -0.15) is 4.31 Å². The van der Waals surface area contributed by atoms with Crippen LogP contribution in [-0.4, -0.2) is 44.8 Å². The highest BCUT2D eigenvalue weighted by atomic mass is 35.5. The van der Waals surface area contributed by atoms with Crippen molar-refractivity contribution in [3.63, 3.8) is 0 Å². The maximum atomic E-state index is 13.0. The lowest BCUT2D eigenvalue weighted by Crippen LogP contribution is -2.31. The molecule has 2 aromatic carbocycles. The van der Waals surface area contributed by atoms with Crippen LogP contribution in [0.5, 0.6) is 0 Å². The van der Waals surface area contributed by atoms with Gasteiger partial charge >= 0.3 is 0 Å². The number of amides is 1. The number of hydrogen-bond donors (Lipinski definition) is 1. The highest BCUT2D eigenvalue weighted by Gasteiger charge is 2.25. The van der Waals surface area contributed by atoms with Crippen molar-refractivity contribution >= 4 is 50.5 Å². The standard InChI is InChI=1S/C21H25Cl2N3O3S/c1-3-26(4-2)30(28,29)16-8-10-20(25-11-5-6-12-25)19(14-16)24-21(27)17-9-7-15(22)13-18(17)23/h7-10,13-14H,3-6,11-12H2,1-2H3,(H,24,27). The Morgan fingerprint density at radius 2 is 1.73 bits per heavy atom. The number of carbonyl (C=O) groups excluding carboxylic acids is 1. The largest absolute Gasteiger partial charge is 0.370 e. The van der Waals surface area contributed by atoms with Gasteiger partial charge in [-0.25, -0.2) is 8.42 Å². The first-order chi connectivity index (χ1) is 14.3. The summed E-state index contributed by atoms with van der Waals surface area (Å²) in [6.07, 6.45) is 2.10. The molecule has 1 N–H and O–H groups in total. The summed E-state index contributed by atoms with van der Waals surface area (Å²) < 4.78 is 27.4. The van der Waals surface area contributed by atoms with E-state index in [1.165, 1.54) is 16.4 Å².